The van der Waals surface area contributed by atoms with Crippen molar-refractivity contribution in [2.75, 3.05) is 13.1 Å². The van der Waals surface area contributed by atoms with Gasteiger partial charge in [0.2, 0.25) is 0 Å². The van der Waals surface area contributed by atoms with Crippen LogP contribution in [0, 0.1) is 19.8 Å². The molecule has 0 saturated carbocycles. The first-order valence-electron chi connectivity index (χ1n) is 7.40. The highest BCUT2D eigenvalue weighted by Gasteiger charge is 2.03. The van der Waals surface area contributed by atoms with Gasteiger partial charge in [-0.05, 0) is 75.2 Å². The van der Waals surface area contributed by atoms with Gasteiger partial charge in [-0.1, -0.05) is 32.0 Å². The Hall–Kier alpha value is -0.820. The van der Waals surface area contributed by atoms with Crippen LogP contribution in [0.1, 0.15) is 49.8 Å². The predicted molar refractivity (Wildman–Crippen MR) is 81.2 cm³/mol. The number of rotatable bonds is 8. The number of aryl methyl sites for hydroxylation is 3. The summed E-state index contributed by atoms with van der Waals surface area (Å²) in [5, 5.41) is 3.48. The van der Waals surface area contributed by atoms with Crippen LogP contribution in [-0.4, -0.2) is 13.1 Å². The molecule has 1 atom stereocenters. The highest BCUT2D eigenvalue weighted by Crippen LogP contribution is 2.15. The quantitative estimate of drug-likeness (QED) is 0.677. The van der Waals surface area contributed by atoms with E-state index in [1.807, 2.05) is 0 Å². The van der Waals surface area contributed by atoms with Crippen molar-refractivity contribution in [2.45, 2.75) is 53.4 Å². The van der Waals surface area contributed by atoms with Crippen molar-refractivity contribution in [1.82, 2.24) is 5.32 Å². The molecule has 18 heavy (non-hydrogen) atoms. The third kappa shape index (κ3) is 5.68. The summed E-state index contributed by atoms with van der Waals surface area (Å²) in [7, 11) is 0. The first-order valence-corrected chi connectivity index (χ1v) is 7.40. The summed E-state index contributed by atoms with van der Waals surface area (Å²) in [6.07, 6.45) is 5.05. The van der Waals surface area contributed by atoms with Crippen molar-refractivity contribution in [2.24, 2.45) is 5.92 Å². The fourth-order valence-corrected chi connectivity index (χ4v) is 2.17. The van der Waals surface area contributed by atoms with Gasteiger partial charge >= 0.3 is 0 Å². The van der Waals surface area contributed by atoms with E-state index in [0.29, 0.717) is 0 Å². The molecule has 0 spiro atoms. The minimum atomic E-state index is 0.816. The molecule has 1 unspecified atom stereocenters. The van der Waals surface area contributed by atoms with Gasteiger partial charge in [0.25, 0.3) is 0 Å². The van der Waals surface area contributed by atoms with Gasteiger partial charge in [0.05, 0.1) is 0 Å². The largest absolute Gasteiger partial charge is 0.317 e. The van der Waals surface area contributed by atoms with E-state index in [1.54, 1.807) is 0 Å². The third-order valence-electron chi connectivity index (χ3n) is 3.74. The monoisotopic (exact) mass is 247 g/mol. The Morgan fingerprint density at radius 1 is 1.06 bits per heavy atom. The lowest BCUT2D eigenvalue weighted by Crippen LogP contribution is -2.18. The van der Waals surface area contributed by atoms with Gasteiger partial charge in [0.1, 0.15) is 0 Å². The molecule has 1 heteroatoms. The SMILES string of the molecule is CCCNCCC(C)CCc1ccc(C)c(C)c1. The second-order valence-electron chi connectivity index (χ2n) is 5.60. The molecule has 0 aromatic heterocycles. The van der Waals surface area contributed by atoms with Gasteiger partial charge in [-0.25, -0.2) is 0 Å². The number of benzene rings is 1. The Labute approximate surface area is 113 Å². The van der Waals surface area contributed by atoms with Gasteiger partial charge in [-0.2, -0.15) is 0 Å². The summed E-state index contributed by atoms with van der Waals surface area (Å²) in [5.74, 6) is 0.816. The van der Waals surface area contributed by atoms with E-state index in [4.69, 9.17) is 0 Å². The number of hydrogen-bond acceptors (Lipinski definition) is 1. The Bertz CT molecular complexity index is 343. The lowest BCUT2D eigenvalue weighted by atomic mass is 9.96. The summed E-state index contributed by atoms with van der Waals surface area (Å²) in [6, 6.07) is 6.87. The van der Waals surface area contributed by atoms with Crippen LogP contribution < -0.4 is 5.32 Å². The van der Waals surface area contributed by atoms with Crippen LogP contribution in [0.5, 0.6) is 0 Å². The molecule has 1 rings (SSSR count). The molecule has 0 aliphatic carbocycles. The maximum Gasteiger partial charge on any atom is -0.00464 e. The molecule has 1 nitrogen and oxygen atoms in total. The smallest absolute Gasteiger partial charge is 0.00464 e. The lowest BCUT2D eigenvalue weighted by molar-refractivity contribution is 0.470. The van der Waals surface area contributed by atoms with E-state index in [1.165, 1.54) is 48.9 Å². The zero-order valence-corrected chi connectivity index (χ0v) is 12.6. The van der Waals surface area contributed by atoms with Crippen LogP contribution in [0.4, 0.5) is 0 Å². The molecule has 0 saturated heterocycles. The summed E-state index contributed by atoms with van der Waals surface area (Å²) < 4.78 is 0. The van der Waals surface area contributed by atoms with Gasteiger partial charge < -0.3 is 5.32 Å². The van der Waals surface area contributed by atoms with Crippen LogP contribution in [0.2, 0.25) is 0 Å². The second kappa shape index (κ2) is 8.31. The lowest BCUT2D eigenvalue weighted by Gasteiger charge is -2.12. The van der Waals surface area contributed by atoms with Crippen molar-refractivity contribution in [1.29, 1.82) is 0 Å². The van der Waals surface area contributed by atoms with Crippen LogP contribution in [0.25, 0.3) is 0 Å². The molecule has 0 heterocycles. The first-order chi connectivity index (χ1) is 8.63. The molecule has 1 N–H and O–H groups in total. The van der Waals surface area contributed by atoms with Gasteiger partial charge in [-0.3, -0.25) is 0 Å². The van der Waals surface area contributed by atoms with Crippen molar-refractivity contribution in [3.05, 3.63) is 34.9 Å². The maximum absolute atomic E-state index is 3.48. The number of hydrogen-bond donors (Lipinski definition) is 1. The average molecular weight is 247 g/mol. The van der Waals surface area contributed by atoms with Gasteiger partial charge in [0, 0.05) is 0 Å². The van der Waals surface area contributed by atoms with Crippen LogP contribution >= 0.6 is 0 Å². The summed E-state index contributed by atoms with van der Waals surface area (Å²) in [6.45, 7) is 11.3. The topological polar surface area (TPSA) is 12.0 Å². The zero-order valence-electron chi connectivity index (χ0n) is 12.6. The zero-order chi connectivity index (χ0) is 13.4. The molecular weight excluding hydrogens is 218 g/mol. The highest BCUT2D eigenvalue weighted by molar-refractivity contribution is 5.29. The first kappa shape index (κ1) is 15.2. The third-order valence-corrected chi connectivity index (χ3v) is 3.74. The standard InChI is InChI=1S/C17H29N/c1-5-11-18-12-10-14(2)6-8-17-9-7-15(3)16(4)13-17/h7,9,13-14,18H,5-6,8,10-12H2,1-4H3. The molecule has 0 aliphatic rings. The fourth-order valence-electron chi connectivity index (χ4n) is 2.17. The summed E-state index contributed by atoms with van der Waals surface area (Å²) in [4.78, 5) is 0. The van der Waals surface area contributed by atoms with Crippen molar-refractivity contribution in [3.8, 4) is 0 Å². The summed E-state index contributed by atoms with van der Waals surface area (Å²) in [5.41, 5.74) is 4.31. The molecule has 102 valence electrons. The molecule has 0 fully saturated rings. The Morgan fingerprint density at radius 3 is 2.50 bits per heavy atom. The van der Waals surface area contributed by atoms with E-state index in [-0.39, 0.29) is 0 Å². The molecule has 1 aromatic rings. The molecule has 0 amide bonds. The van der Waals surface area contributed by atoms with E-state index in [2.05, 4.69) is 51.2 Å². The second-order valence-corrected chi connectivity index (χ2v) is 5.60. The molecular formula is C17H29N. The van der Waals surface area contributed by atoms with E-state index < -0.39 is 0 Å². The van der Waals surface area contributed by atoms with Crippen molar-refractivity contribution < 1.29 is 0 Å². The minimum Gasteiger partial charge on any atom is -0.317 e. The van der Waals surface area contributed by atoms with Gasteiger partial charge in [0.15, 0.2) is 0 Å². The maximum atomic E-state index is 3.48. The highest BCUT2D eigenvalue weighted by atomic mass is 14.8. The number of nitrogens with one attached hydrogen (secondary N) is 1. The fraction of sp³-hybridized carbons (Fsp3) is 0.647. The Kier molecular flexibility index (Phi) is 7.04. The predicted octanol–water partition coefficient (Wildman–Crippen LogP) is 4.26. The molecule has 1 aromatic carbocycles. The Morgan fingerprint density at radius 2 is 1.83 bits per heavy atom. The molecule has 0 bridgehead atoms. The van der Waals surface area contributed by atoms with Crippen molar-refractivity contribution >= 4 is 0 Å². The molecule has 0 aliphatic heterocycles. The van der Waals surface area contributed by atoms with Crippen LogP contribution in [0.3, 0.4) is 0 Å². The van der Waals surface area contributed by atoms with Crippen LogP contribution in [-0.2, 0) is 6.42 Å². The Balaban J connectivity index is 2.24. The van der Waals surface area contributed by atoms with E-state index in [0.717, 1.165) is 12.5 Å². The van der Waals surface area contributed by atoms with E-state index >= 15 is 0 Å². The van der Waals surface area contributed by atoms with Crippen molar-refractivity contribution in [3.63, 3.8) is 0 Å². The van der Waals surface area contributed by atoms with Crippen LogP contribution in [0.15, 0.2) is 18.2 Å². The van der Waals surface area contributed by atoms with Gasteiger partial charge in [-0.15, -0.1) is 0 Å². The average Bonchev–Trinajstić information content (AvgIpc) is 2.36. The normalized spacial score (nSPS) is 12.7. The minimum absolute atomic E-state index is 0.816. The summed E-state index contributed by atoms with van der Waals surface area (Å²) >= 11 is 0. The van der Waals surface area contributed by atoms with E-state index in [9.17, 15) is 0 Å². The molecule has 0 radical (unpaired) electrons.